The average Bonchev–Trinajstić information content (AvgIpc) is 2.44. The standard InChI is InChI=1S/C14H15ClN2O3/c1-19-8-12-16-13(15)11(14(18)17-12)7-9-3-5-10(20-2)6-4-9/h3-6H,7-8H2,1-2H3,(H,16,17,18). The molecule has 0 saturated carbocycles. The summed E-state index contributed by atoms with van der Waals surface area (Å²) < 4.78 is 10.0. The molecule has 0 atom stereocenters. The number of rotatable bonds is 5. The molecule has 0 spiro atoms. The van der Waals surface area contributed by atoms with Crippen LogP contribution in [0.4, 0.5) is 0 Å². The molecule has 0 fully saturated rings. The van der Waals surface area contributed by atoms with Gasteiger partial charge in [-0.05, 0) is 17.7 Å². The lowest BCUT2D eigenvalue weighted by Crippen LogP contribution is -2.18. The third-order valence-electron chi connectivity index (χ3n) is 2.84. The monoisotopic (exact) mass is 294 g/mol. The molecule has 0 radical (unpaired) electrons. The van der Waals surface area contributed by atoms with Gasteiger partial charge in [0.1, 0.15) is 23.3 Å². The topological polar surface area (TPSA) is 64.2 Å². The first kappa shape index (κ1) is 14.6. The Morgan fingerprint density at radius 2 is 1.95 bits per heavy atom. The molecule has 1 N–H and O–H groups in total. The van der Waals surface area contributed by atoms with Crippen LogP contribution in [0.1, 0.15) is 17.0 Å². The van der Waals surface area contributed by atoms with Gasteiger partial charge < -0.3 is 14.5 Å². The van der Waals surface area contributed by atoms with Gasteiger partial charge in [0.2, 0.25) is 0 Å². The number of hydrogen-bond acceptors (Lipinski definition) is 4. The molecule has 0 unspecified atom stereocenters. The van der Waals surface area contributed by atoms with E-state index in [0.717, 1.165) is 11.3 Å². The molecule has 106 valence electrons. The van der Waals surface area contributed by atoms with Crippen LogP contribution in [0.2, 0.25) is 5.15 Å². The minimum absolute atomic E-state index is 0.205. The number of benzene rings is 1. The summed E-state index contributed by atoms with van der Waals surface area (Å²) >= 11 is 6.07. The van der Waals surface area contributed by atoms with E-state index in [4.69, 9.17) is 21.1 Å². The lowest BCUT2D eigenvalue weighted by Gasteiger charge is -2.06. The zero-order valence-electron chi connectivity index (χ0n) is 11.3. The molecular weight excluding hydrogens is 280 g/mol. The number of aromatic nitrogens is 2. The Morgan fingerprint density at radius 1 is 1.25 bits per heavy atom. The highest BCUT2D eigenvalue weighted by atomic mass is 35.5. The summed E-state index contributed by atoms with van der Waals surface area (Å²) in [5.74, 6) is 1.18. The van der Waals surface area contributed by atoms with Crippen LogP contribution in [0.15, 0.2) is 29.1 Å². The van der Waals surface area contributed by atoms with Crippen molar-refractivity contribution in [3.63, 3.8) is 0 Å². The van der Waals surface area contributed by atoms with Crippen molar-refractivity contribution in [2.75, 3.05) is 14.2 Å². The highest BCUT2D eigenvalue weighted by Gasteiger charge is 2.10. The van der Waals surface area contributed by atoms with Crippen molar-refractivity contribution in [3.8, 4) is 5.75 Å². The zero-order chi connectivity index (χ0) is 14.5. The molecule has 0 aliphatic carbocycles. The first-order valence-electron chi connectivity index (χ1n) is 6.03. The predicted molar refractivity (Wildman–Crippen MR) is 76.4 cm³/mol. The van der Waals surface area contributed by atoms with Crippen molar-refractivity contribution in [1.29, 1.82) is 0 Å². The minimum atomic E-state index is -0.243. The molecule has 20 heavy (non-hydrogen) atoms. The van der Waals surface area contributed by atoms with E-state index in [2.05, 4.69) is 9.97 Å². The van der Waals surface area contributed by atoms with Crippen LogP contribution in [-0.4, -0.2) is 24.2 Å². The van der Waals surface area contributed by atoms with Gasteiger partial charge in [-0.3, -0.25) is 4.79 Å². The maximum absolute atomic E-state index is 12.0. The predicted octanol–water partition coefficient (Wildman–Crippen LogP) is 2.17. The van der Waals surface area contributed by atoms with Crippen LogP contribution in [0, 0.1) is 0 Å². The summed E-state index contributed by atoms with van der Waals surface area (Å²) in [5, 5.41) is 0.205. The van der Waals surface area contributed by atoms with E-state index >= 15 is 0 Å². The smallest absolute Gasteiger partial charge is 0.256 e. The molecule has 1 aromatic carbocycles. The number of methoxy groups -OCH3 is 2. The first-order valence-corrected chi connectivity index (χ1v) is 6.41. The number of halogens is 1. The second-order valence-corrected chi connectivity index (χ2v) is 4.60. The van der Waals surface area contributed by atoms with E-state index in [1.165, 1.54) is 7.11 Å². The van der Waals surface area contributed by atoms with Gasteiger partial charge in [0, 0.05) is 13.5 Å². The number of nitrogens with zero attached hydrogens (tertiary/aromatic N) is 1. The Labute approximate surface area is 121 Å². The third kappa shape index (κ3) is 3.37. The maximum atomic E-state index is 12.0. The molecule has 0 bridgehead atoms. The zero-order valence-corrected chi connectivity index (χ0v) is 12.0. The molecule has 1 heterocycles. The summed E-state index contributed by atoms with van der Waals surface area (Å²) in [6, 6.07) is 7.45. The van der Waals surface area contributed by atoms with E-state index < -0.39 is 0 Å². The molecule has 1 aromatic heterocycles. The summed E-state index contributed by atoms with van der Waals surface area (Å²) in [4.78, 5) is 18.8. The number of hydrogen-bond donors (Lipinski definition) is 1. The van der Waals surface area contributed by atoms with Crippen molar-refractivity contribution >= 4 is 11.6 Å². The Balaban J connectivity index is 2.26. The quantitative estimate of drug-likeness (QED) is 0.859. The third-order valence-corrected chi connectivity index (χ3v) is 3.15. The first-order chi connectivity index (χ1) is 9.63. The van der Waals surface area contributed by atoms with Crippen molar-refractivity contribution in [1.82, 2.24) is 9.97 Å². The Morgan fingerprint density at radius 3 is 2.50 bits per heavy atom. The molecule has 2 aromatic rings. The SMILES string of the molecule is COCc1nc(Cl)c(Cc2ccc(OC)cc2)c(=O)[nH]1. The highest BCUT2D eigenvalue weighted by Crippen LogP contribution is 2.17. The molecule has 0 aliphatic rings. The molecule has 6 heteroatoms. The lowest BCUT2D eigenvalue weighted by atomic mass is 10.1. The number of aromatic amines is 1. The maximum Gasteiger partial charge on any atom is 0.256 e. The van der Waals surface area contributed by atoms with Gasteiger partial charge in [0.15, 0.2) is 0 Å². The van der Waals surface area contributed by atoms with E-state index in [9.17, 15) is 4.79 Å². The van der Waals surface area contributed by atoms with E-state index in [0.29, 0.717) is 17.8 Å². The van der Waals surface area contributed by atoms with Crippen LogP contribution in [0.25, 0.3) is 0 Å². The van der Waals surface area contributed by atoms with Gasteiger partial charge in [-0.15, -0.1) is 0 Å². The second-order valence-electron chi connectivity index (χ2n) is 4.24. The fraction of sp³-hybridized carbons (Fsp3) is 0.286. The van der Waals surface area contributed by atoms with Crippen LogP contribution in [-0.2, 0) is 17.8 Å². The minimum Gasteiger partial charge on any atom is -0.497 e. The van der Waals surface area contributed by atoms with Gasteiger partial charge in [-0.2, -0.15) is 0 Å². The van der Waals surface area contributed by atoms with Crippen molar-refractivity contribution in [2.45, 2.75) is 13.0 Å². The van der Waals surface area contributed by atoms with Crippen LogP contribution in [0.5, 0.6) is 5.75 Å². The summed E-state index contributed by atoms with van der Waals surface area (Å²) in [6.07, 6.45) is 0.415. The van der Waals surface area contributed by atoms with Crippen molar-refractivity contribution < 1.29 is 9.47 Å². The fourth-order valence-corrected chi connectivity index (χ4v) is 2.07. The Bertz CT molecular complexity index is 638. The Hall–Kier alpha value is -1.85. The summed E-state index contributed by atoms with van der Waals surface area (Å²) in [7, 11) is 3.13. The molecule has 0 aliphatic heterocycles. The normalized spacial score (nSPS) is 10.6. The van der Waals surface area contributed by atoms with Gasteiger partial charge in [0.25, 0.3) is 5.56 Å². The molecule has 0 amide bonds. The molecule has 5 nitrogen and oxygen atoms in total. The second kappa shape index (κ2) is 6.54. The van der Waals surface area contributed by atoms with Gasteiger partial charge in [0.05, 0.1) is 12.7 Å². The van der Waals surface area contributed by atoms with Crippen LogP contribution >= 0.6 is 11.6 Å². The van der Waals surface area contributed by atoms with Gasteiger partial charge in [-0.1, -0.05) is 23.7 Å². The Kier molecular flexibility index (Phi) is 4.76. The van der Waals surface area contributed by atoms with Gasteiger partial charge >= 0.3 is 0 Å². The number of ether oxygens (including phenoxy) is 2. The number of nitrogens with one attached hydrogen (secondary N) is 1. The van der Waals surface area contributed by atoms with E-state index in [1.807, 2.05) is 24.3 Å². The summed E-state index contributed by atoms with van der Waals surface area (Å²) in [5.41, 5.74) is 1.16. The summed E-state index contributed by atoms with van der Waals surface area (Å²) in [6.45, 7) is 0.220. The molecule has 0 saturated heterocycles. The van der Waals surface area contributed by atoms with E-state index in [-0.39, 0.29) is 17.3 Å². The highest BCUT2D eigenvalue weighted by molar-refractivity contribution is 6.30. The fourth-order valence-electron chi connectivity index (χ4n) is 1.82. The van der Waals surface area contributed by atoms with E-state index in [1.54, 1.807) is 7.11 Å². The lowest BCUT2D eigenvalue weighted by molar-refractivity contribution is 0.177. The van der Waals surface area contributed by atoms with Crippen LogP contribution < -0.4 is 10.3 Å². The van der Waals surface area contributed by atoms with Crippen LogP contribution in [0.3, 0.4) is 0 Å². The van der Waals surface area contributed by atoms with Crippen molar-refractivity contribution in [2.24, 2.45) is 0 Å². The largest absolute Gasteiger partial charge is 0.497 e. The van der Waals surface area contributed by atoms with Gasteiger partial charge in [-0.25, -0.2) is 4.98 Å². The number of H-pyrrole nitrogens is 1. The van der Waals surface area contributed by atoms with Crippen molar-refractivity contribution in [3.05, 3.63) is 56.7 Å². The average molecular weight is 295 g/mol. The molecular formula is C14H15ClN2O3. The molecule has 2 rings (SSSR count).